The Hall–Kier alpha value is -3.91. The highest BCUT2D eigenvalue weighted by Gasteiger charge is 2.12. The van der Waals surface area contributed by atoms with Gasteiger partial charge in [0.1, 0.15) is 5.75 Å². The second-order valence-electron chi connectivity index (χ2n) is 6.33. The number of nitrogens with zero attached hydrogens (tertiary/aromatic N) is 2. The number of anilines is 1. The fourth-order valence-corrected chi connectivity index (χ4v) is 2.90. The van der Waals surface area contributed by atoms with E-state index in [1.165, 1.54) is 6.21 Å². The van der Waals surface area contributed by atoms with Gasteiger partial charge in [0.15, 0.2) is 0 Å². The van der Waals surface area contributed by atoms with Gasteiger partial charge < -0.3 is 15.2 Å². The summed E-state index contributed by atoms with van der Waals surface area (Å²) in [5, 5.41) is 26.8. The van der Waals surface area contributed by atoms with Crippen molar-refractivity contribution in [2.45, 2.75) is 6.92 Å². The summed E-state index contributed by atoms with van der Waals surface area (Å²) in [4.78, 5) is 27.1. The maximum absolute atomic E-state index is 12.4. The van der Waals surface area contributed by atoms with Crippen molar-refractivity contribution < 1.29 is 19.6 Å². The molecule has 9 heteroatoms. The van der Waals surface area contributed by atoms with Crippen molar-refractivity contribution in [2.24, 2.45) is 4.99 Å². The first kappa shape index (κ1) is 21.8. The van der Waals surface area contributed by atoms with E-state index >= 15 is 0 Å². The molecule has 0 radical (unpaired) electrons. The Labute approximate surface area is 182 Å². The minimum atomic E-state index is -0.606. The molecule has 0 fully saturated rings. The van der Waals surface area contributed by atoms with Gasteiger partial charge in [-0.2, -0.15) is 0 Å². The molecule has 0 spiro atoms. The largest absolute Gasteiger partial charge is 0.870 e. The molecule has 0 bridgehead atoms. The van der Waals surface area contributed by atoms with Gasteiger partial charge in [-0.25, -0.2) is 0 Å². The van der Waals surface area contributed by atoms with E-state index < -0.39 is 10.7 Å². The Balaban J connectivity index is 1.84. The molecule has 3 aromatic rings. The summed E-state index contributed by atoms with van der Waals surface area (Å²) in [6, 6.07) is 15.4. The first-order valence-corrected chi connectivity index (χ1v) is 9.58. The molecule has 158 valence electrons. The highest BCUT2D eigenvalue weighted by molar-refractivity contribution is 6.31. The molecule has 0 aliphatic heterocycles. The van der Waals surface area contributed by atoms with E-state index in [-0.39, 0.29) is 29.5 Å². The van der Waals surface area contributed by atoms with Crippen LogP contribution in [0.5, 0.6) is 11.5 Å². The van der Waals surface area contributed by atoms with Crippen LogP contribution < -0.4 is 15.2 Å². The predicted octanol–water partition coefficient (Wildman–Crippen LogP) is 4.72. The van der Waals surface area contributed by atoms with Crippen LogP contribution in [0.4, 0.5) is 17.1 Å². The molecular formula is C22H17ClN3O5-. The lowest BCUT2D eigenvalue weighted by atomic mass is 10.1. The van der Waals surface area contributed by atoms with Crippen LogP contribution in [-0.2, 0) is 0 Å². The van der Waals surface area contributed by atoms with Crippen LogP contribution in [0.1, 0.15) is 22.8 Å². The number of hydrogen-bond donors (Lipinski definition) is 1. The topological polar surface area (TPSA) is 117 Å². The monoisotopic (exact) mass is 438 g/mol. The van der Waals surface area contributed by atoms with Gasteiger partial charge >= 0.3 is 0 Å². The fraction of sp³-hybridized carbons (Fsp3) is 0.0909. The van der Waals surface area contributed by atoms with Crippen molar-refractivity contribution >= 4 is 40.8 Å². The second-order valence-corrected chi connectivity index (χ2v) is 6.76. The van der Waals surface area contributed by atoms with Gasteiger partial charge in [-0.1, -0.05) is 29.5 Å². The van der Waals surface area contributed by atoms with Crippen molar-refractivity contribution in [2.75, 3.05) is 11.9 Å². The summed E-state index contributed by atoms with van der Waals surface area (Å²) in [6.45, 7) is 1.87. The zero-order chi connectivity index (χ0) is 22.4. The summed E-state index contributed by atoms with van der Waals surface area (Å²) >= 11 is 5.92. The molecule has 0 saturated heterocycles. The molecule has 8 nitrogen and oxygen atoms in total. The van der Waals surface area contributed by atoms with Gasteiger partial charge in [0.2, 0.25) is 0 Å². The Morgan fingerprint density at radius 3 is 2.68 bits per heavy atom. The van der Waals surface area contributed by atoms with E-state index in [2.05, 4.69) is 10.3 Å². The maximum atomic E-state index is 12.4. The van der Waals surface area contributed by atoms with Gasteiger partial charge in [0.05, 0.1) is 23.3 Å². The molecule has 0 heterocycles. The van der Waals surface area contributed by atoms with E-state index in [0.717, 1.165) is 12.1 Å². The fourth-order valence-electron chi connectivity index (χ4n) is 2.71. The van der Waals surface area contributed by atoms with Crippen molar-refractivity contribution in [3.05, 3.63) is 86.9 Å². The smallest absolute Gasteiger partial charge is 0.273 e. The SMILES string of the molecule is CCOc1cc([N+](=O)[O-])cc(C=Nc2cccc(NC(=O)c3cccc(Cl)c3)c2)c1[O-]. The van der Waals surface area contributed by atoms with Crippen LogP contribution in [0.2, 0.25) is 5.02 Å². The van der Waals surface area contributed by atoms with Gasteiger partial charge in [-0.05, 0) is 48.9 Å². The number of nitro benzene ring substituents is 1. The third-order valence-electron chi connectivity index (χ3n) is 4.12. The van der Waals surface area contributed by atoms with Crippen LogP contribution in [0, 0.1) is 10.1 Å². The number of nitrogens with one attached hydrogen (secondary N) is 1. The van der Waals surface area contributed by atoms with Crippen molar-refractivity contribution in [1.82, 2.24) is 0 Å². The van der Waals surface area contributed by atoms with Crippen molar-refractivity contribution in [3.8, 4) is 11.5 Å². The quantitative estimate of drug-likeness (QED) is 0.325. The van der Waals surface area contributed by atoms with Crippen LogP contribution in [0.25, 0.3) is 0 Å². The molecule has 0 saturated carbocycles. The average molecular weight is 439 g/mol. The number of aliphatic imine (C=N–C) groups is 1. The van der Waals surface area contributed by atoms with E-state index in [0.29, 0.717) is 22.0 Å². The molecule has 3 rings (SSSR count). The standard InChI is InChI=1S/C22H18ClN3O5/c1-2-31-20-12-19(26(29)30)10-15(21(20)27)13-24-17-7-4-8-18(11-17)25-22(28)14-5-3-6-16(23)9-14/h3-13,27H,2H2,1H3,(H,25,28)/p-1. The number of benzene rings is 3. The first-order chi connectivity index (χ1) is 14.9. The molecule has 0 unspecified atom stereocenters. The molecule has 0 aliphatic carbocycles. The first-order valence-electron chi connectivity index (χ1n) is 9.20. The number of non-ortho nitro benzene ring substituents is 1. The zero-order valence-corrected chi connectivity index (χ0v) is 17.1. The minimum absolute atomic E-state index is 0.0195. The maximum Gasteiger partial charge on any atom is 0.273 e. The Morgan fingerprint density at radius 1 is 1.19 bits per heavy atom. The van der Waals surface area contributed by atoms with E-state index in [1.54, 1.807) is 55.5 Å². The lowest BCUT2D eigenvalue weighted by Crippen LogP contribution is -2.11. The van der Waals surface area contributed by atoms with Crippen molar-refractivity contribution in [1.29, 1.82) is 0 Å². The van der Waals surface area contributed by atoms with Gasteiger partial charge in [-0.15, -0.1) is 0 Å². The number of ether oxygens (including phenoxy) is 1. The predicted molar refractivity (Wildman–Crippen MR) is 117 cm³/mol. The lowest BCUT2D eigenvalue weighted by Gasteiger charge is -2.16. The Kier molecular flexibility index (Phi) is 6.84. The zero-order valence-electron chi connectivity index (χ0n) is 16.4. The molecule has 1 N–H and O–H groups in total. The van der Waals surface area contributed by atoms with E-state index in [4.69, 9.17) is 16.3 Å². The summed E-state index contributed by atoms with van der Waals surface area (Å²) in [5.74, 6) is -0.951. The van der Waals surface area contributed by atoms with Crippen LogP contribution in [0.15, 0.2) is 65.7 Å². The summed E-state index contributed by atoms with van der Waals surface area (Å²) in [7, 11) is 0. The molecule has 1 amide bonds. The summed E-state index contributed by atoms with van der Waals surface area (Å²) in [5.41, 5.74) is 1.07. The molecule has 0 aliphatic rings. The van der Waals surface area contributed by atoms with E-state index in [9.17, 15) is 20.0 Å². The number of rotatable bonds is 7. The number of halogens is 1. The Morgan fingerprint density at radius 2 is 1.97 bits per heavy atom. The van der Waals surface area contributed by atoms with Gasteiger partial charge in [0, 0.05) is 28.6 Å². The number of carbonyl (C=O) groups excluding carboxylic acids is 1. The highest BCUT2D eigenvalue weighted by atomic mass is 35.5. The molecule has 31 heavy (non-hydrogen) atoms. The normalized spacial score (nSPS) is 10.8. The van der Waals surface area contributed by atoms with Crippen molar-refractivity contribution in [3.63, 3.8) is 0 Å². The highest BCUT2D eigenvalue weighted by Crippen LogP contribution is 2.32. The summed E-state index contributed by atoms with van der Waals surface area (Å²) in [6.07, 6.45) is 1.23. The molecule has 3 aromatic carbocycles. The molecule has 0 atom stereocenters. The van der Waals surface area contributed by atoms with Gasteiger partial charge in [-0.3, -0.25) is 19.9 Å². The average Bonchev–Trinajstić information content (AvgIpc) is 2.74. The third kappa shape index (κ3) is 5.58. The lowest BCUT2D eigenvalue weighted by molar-refractivity contribution is -0.385. The van der Waals surface area contributed by atoms with Gasteiger partial charge in [0.25, 0.3) is 11.6 Å². The molecule has 0 aromatic heterocycles. The van der Waals surface area contributed by atoms with E-state index in [1.807, 2.05) is 0 Å². The number of hydrogen-bond acceptors (Lipinski definition) is 6. The third-order valence-corrected chi connectivity index (χ3v) is 4.36. The number of carbonyl (C=O) groups is 1. The number of amides is 1. The van der Waals surface area contributed by atoms with Crippen LogP contribution in [-0.4, -0.2) is 23.7 Å². The second kappa shape index (κ2) is 9.73. The summed E-state index contributed by atoms with van der Waals surface area (Å²) < 4.78 is 5.20. The molecular weight excluding hydrogens is 422 g/mol. The Bertz CT molecular complexity index is 1160. The van der Waals surface area contributed by atoms with Crippen LogP contribution in [0.3, 0.4) is 0 Å². The van der Waals surface area contributed by atoms with Crippen LogP contribution >= 0.6 is 11.6 Å². The minimum Gasteiger partial charge on any atom is -0.870 e. The number of nitro groups is 1.